The fourth-order valence-corrected chi connectivity index (χ4v) is 1.68. The Hall–Kier alpha value is -1.53. The molecule has 0 aliphatic carbocycles. The van der Waals surface area contributed by atoms with Gasteiger partial charge in [0.25, 0.3) is 5.91 Å². The lowest BCUT2D eigenvalue weighted by Crippen LogP contribution is -2.47. The van der Waals surface area contributed by atoms with Crippen LogP contribution in [0.25, 0.3) is 0 Å². The number of carbonyl (C=O) groups excluding carboxylic acids is 1. The van der Waals surface area contributed by atoms with Gasteiger partial charge in [0, 0.05) is 18.8 Å². The summed E-state index contributed by atoms with van der Waals surface area (Å²) in [6, 6.07) is 1.61. The second-order valence-electron chi connectivity index (χ2n) is 4.96. The number of amides is 1. The van der Waals surface area contributed by atoms with E-state index < -0.39 is 5.60 Å². The van der Waals surface area contributed by atoms with E-state index in [9.17, 15) is 9.90 Å². The van der Waals surface area contributed by atoms with Crippen molar-refractivity contribution >= 4 is 5.91 Å². The molecule has 1 atom stereocenters. The minimum absolute atomic E-state index is 0.174. The maximum atomic E-state index is 11.8. The number of hydrogen-bond acceptors (Lipinski definition) is 5. The Morgan fingerprint density at radius 3 is 2.72 bits per heavy atom. The minimum atomic E-state index is -0.971. The molecule has 6 nitrogen and oxygen atoms in total. The van der Waals surface area contributed by atoms with Crippen molar-refractivity contribution in [2.45, 2.75) is 19.4 Å². The van der Waals surface area contributed by atoms with Crippen LogP contribution in [0.15, 0.2) is 12.4 Å². The lowest BCUT2D eigenvalue weighted by atomic mass is 10.1. The first kappa shape index (κ1) is 14.5. The Labute approximate surface area is 107 Å². The van der Waals surface area contributed by atoms with Gasteiger partial charge in [0.15, 0.2) is 0 Å². The Kier molecular flexibility index (Phi) is 4.75. The highest BCUT2D eigenvalue weighted by atomic mass is 16.3. The predicted octanol–water partition coefficient (Wildman–Crippen LogP) is -0.173. The lowest BCUT2D eigenvalue weighted by Gasteiger charge is -2.26. The molecule has 2 N–H and O–H groups in total. The summed E-state index contributed by atoms with van der Waals surface area (Å²) in [5.74, 6) is -0.306. The number of carbonyl (C=O) groups is 1. The van der Waals surface area contributed by atoms with Gasteiger partial charge >= 0.3 is 0 Å². The van der Waals surface area contributed by atoms with E-state index in [4.69, 9.17) is 0 Å². The fraction of sp³-hybridized carbons (Fsp3) is 0.583. The first-order chi connectivity index (χ1) is 8.30. The molecule has 1 heterocycles. The molecule has 0 saturated heterocycles. The molecule has 0 saturated carbocycles. The number of aryl methyl sites for hydroxylation is 1. The molecule has 1 rings (SSSR count). The second kappa shape index (κ2) is 5.88. The van der Waals surface area contributed by atoms with Crippen molar-refractivity contribution in [3.8, 4) is 0 Å². The zero-order valence-electron chi connectivity index (χ0n) is 11.3. The van der Waals surface area contributed by atoms with Gasteiger partial charge in [-0.05, 0) is 34.0 Å². The highest BCUT2D eigenvalue weighted by Crippen LogP contribution is 2.03. The van der Waals surface area contributed by atoms with Crippen LogP contribution in [0.3, 0.4) is 0 Å². The van der Waals surface area contributed by atoms with Crippen molar-refractivity contribution in [1.82, 2.24) is 20.2 Å². The van der Waals surface area contributed by atoms with Crippen molar-refractivity contribution in [3.05, 3.63) is 23.8 Å². The van der Waals surface area contributed by atoms with Gasteiger partial charge < -0.3 is 15.3 Å². The van der Waals surface area contributed by atoms with Crippen LogP contribution in [0, 0.1) is 6.92 Å². The van der Waals surface area contributed by atoms with Crippen LogP contribution in [0.4, 0.5) is 0 Å². The first-order valence-corrected chi connectivity index (χ1v) is 5.74. The Bertz CT molecular complexity index is 418. The van der Waals surface area contributed by atoms with Crippen molar-refractivity contribution in [2.75, 3.05) is 27.2 Å². The predicted molar refractivity (Wildman–Crippen MR) is 68.3 cm³/mol. The van der Waals surface area contributed by atoms with E-state index in [1.54, 1.807) is 19.9 Å². The average molecular weight is 252 g/mol. The van der Waals surface area contributed by atoms with E-state index in [1.807, 2.05) is 19.0 Å². The summed E-state index contributed by atoms with van der Waals surface area (Å²) in [4.78, 5) is 21.5. The summed E-state index contributed by atoms with van der Waals surface area (Å²) in [6.07, 6.45) is 1.35. The monoisotopic (exact) mass is 252 g/mol. The van der Waals surface area contributed by atoms with Crippen LogP contribution < -0.4 is 5.32 Å². The van der Waals surface area contributed by atoms with E-state index in [1.165, 1.54) is 6.33 Å². The number of nitrogens with zero attached hydrogens (tertiary/aromatic N) is 3. The molecule has 0 bridgehead atoms. The molecule has 18 heavy (non-hydrogen) atoms. The molecule has 1 aromatic heterocycles. The van der Waals surface area contributed by atoms with Crippen LogP contribution >= 0.6 is 0 Å². The largest absolute Gasteiger partial charge is 0.387 e. The van der Waals surface area contributed by atoms with E-state index in [-0.39, 0.29) is 12.5 Å². The normalized spacial score (nSPS) is 14.3. The summed E-state index contributed by atoms with van der Waals surface area (Å²) in [6.45, 7) is 4.11. The third kappa shape index (κ3) is 4.77. The second-order valence-corrected chi connectivity index (χ2v) is 4.96. The van der Waals surface area contributed by atoms with Gasteiger partial charge in [-0.1, -0.05) is 0 Å². The fourth-order valence-electron chi connectivity index (χ4n) is 1.68. The molecule has 1 unspecified atom stereocenters. The quantitative estimate of drug-likeness (QED) is 0.760. The van der Waals surface area contributed by atoms with Gasteiger partial charge in [0.1, 0.15) is 12.0 Å². The van der Waals surface area contributed by atoms with Gasteiger partial charge in [0.2, 0.25) is 0 Å². The third-order valence-corrected chi connectivity index (χ3v) is 2.32. The maximum Gasteiger partial charge on any atom is 0.270 e. The Morgan fingerprint density at radius 1 is 1.50 bits per heavy atom. The molecule has 6 heteroatoms. The van der Waals surface area contributed by atoms with Gasteiger partial charge in [-0.3, -0.25) is 4.79 Å². The average Bonchev–Trinajstić information content (AvgIpc) is 2.24. The lowest BCUT2D eigenvalue weighted by molar-refractivity contribution is 0.0325. The van der Waals surface area contributed by atoms with Gasteiger partial charge in [-0.25, -0.2) is 9.97 Å². The van der Waals surface area contributed by atoms with Crippen LogP contribution in [-0.2, 0) is 0 Å². The van der Waals surface area contributed by atoms with Crippen LogP contribution in [0.5, 0.6) is 0 Å². The topological polar surface area (TPSA) is 78.4 Å². The first-order valence-electron chi connectivity index (χ1n) is 5.74. The summed E-state index contributed by atoms with van der Waals surface area (Å²) in [7, 11) is 3.73. The molecule has 1 aromatic rings. The molecule has 0 fully saturated rings. The zero-order chi connectivity index (χ0) is 13.8. The number of nitrogens with one attached hydrogen (secondary N) is 1. The smallest absolute Gasteiger partial charge is 0.270 e. The summed E-state index contributed by atoms with van der Waals surface area (Å²) < 4.78 is 0. The standard InChI is InChI=1S/C12H20N4O2/c1-9-5-10(15-8-14-9)11(17)13-6-12(2,18)7-16(3)4/h5,8,18H,6-7H2,1-4H3,(H,13,17). The number of aliphatic hydroxyl groups is 1. The van der Waals surface area contributed by atoms with E-state index >= 15 is 0 Å². The van der Waals surface area contributed by atoms with Crippen LogP contribution in [0.2, 0.25) is 0 Å². The third-order valence-electron chi connectivity index (χ3n) is 2.32. The van der Waals surface area contributed by atoms with Crippen molar-refractivity contribution in [1.29, 1.82) is 0 Å². The molecule has 0 spiro atoms. The van der Waals surface area contributed by atoms with Crippen LogP contribution in [-0.4, -0.2) is 58.7 Å². The zero-order valence-corrected chi connectivity index (χ0v) is 11.3. The highest BCUT2D eigenvalue weighted by Gasteiger charge is 2.22. The summed E-state index contributed by atoms with van der Waals surface area (Å²) >= 11 is 0. The molecule has 0 aromatic carbocycles. The van der Waals surface area contributed by atoms with Crippen molar-refractivity contribution in [3.63, 3.8) is 0 Å². The molecule has 0 radical (unpaired) electrons. The van der Waals surface area contributed by atoms with E-state index in [0.717, 1.165) is 5.69 Å². The molecular weight excluding hydrogens is 232 g/mol. The molecule has 100 valence electrons. The minimum Gasteiger partial charge on any atom is -0.387 e. The summed E-state index contributed by atoms with van der Waals surface area (Å²) in [5, 5.41) is 12.7. The van der Waals surface area contributed by atoms with Gasteiger partial charge in [-0.15, -0.1) is 0 Å². The Balaban J connectivity index is 2.56. The van der Waals surface area contributed by atoms with Gasteiger partial charge in [-0.2, -0.15) is 0 Å². The Morgan fingerprint density at radius 2 is 2.17 bits per heavy atom. The van der Waals surface area contributed by atoms with Crippen LogP contribution in [0.1, 0.15) is 23.1 Å². The highest BCUT2D eigenvalue weighted by molar-refractivity contribution is 5.92. The number of hydrogen-bond donors (Lipinski definition) is 2. The SMILES string of the molecule is Cc1cc(C(=O)NCC(C)(O)CN(C)C)ncn1. The van der Waals surface area contributed by atoms with E-state index in [0.29, 0.717) is 12.2 Å². The molecule has 1 amide bonds. The van der Waals surface area contributed by atoms with E-state index in [2.05, 4.69) is 15.3 Å². The number of likely N-dealkylation sites (N-methyl/N-ethyl adjacent to an activating group) is 1. The van der Waals surface area contributed by atoms with Crippen molar-refractivity contribution in [2.24, 2.45) is 0 Å². The van der Waals surface area contributed by atoms with Crippen molar-refractivity contribution < 1.29 is 9.90 Å². The molecular formula is C12H20N4O2. The number of rotatable bonds is 5. The number of aromatic nitrogens is 2. The van der Waals surface area contributed by atoms with Gasteiger partial charge in [0.05, 0.1) is 5.60 Å². The molecule has 0 aliphatic rings. The maximum absolute atomic E-state index is 11.8. The molecule has 0 aliphatic heterocycles. The summed E-state index contributed by atoms with van der Waals surface area (Å²) in [5.41, 5.74) is 0.0691.